The molecule has 1 aliphatic heterocycles. The third kappa shape index (κ3) is 2.30. The molecule has 1 fully saturated rings. The summed E-state index contributed by atoms with van der Waals surface area (Å²) in [6, 6.07) is 7.02. The molecule has 1 atom stereocenters. The molecule has 0 radical (unpaired) electrons. The van der Waals surface area contributed by atoms with E-state index in [9.17, 15) is 9.59 Å². The van der Waals surface area contributed by atoms with Gasteiger partial charge in [-0.1, -0.05) is 17.7 Å². The van der Waals surface area contributed by atoms with E-state index in [1.54, 1.807) is 24.0 Å². The van der Waals surface area contributed by atoms with Crippen molar-refractivity contribution < 1.29 is 9.59 Å². The Morgan fingerprint density at radius 2 is 2.00 bits per heavy atom. The van der Waals surface area contributed by atoms with Crippen molar-refractivity contribution in [3.8, 4) is 0 Å². The molecule has 2 amide bonds. The van der Waals surface area contributed by atoms with Crippen molar-refractivity contribution in [3.05, 3.63) is 35.4 Å². The molecule has 0 unspecified atom stereocenters. The molecular formula is C13H16N2O2. The van der Waals surface area contributed by atoms with Gasteiger partial charge in [0, 0.05) is 18.7 Å². The molecule has 0 spiro atoms. The minimum atomic E-state index is -0.391. The highest BCUT2D eigenvalue weighted by atomic mass is 16.2. The van der Waals surface area contributed by atoms with Crippen LogP contribution in [0.4, 0.5) is 0 Å². The molecule has 4 heteroatoms. The SMILES string of the molecule is Cc1ccc(C(=O)N2CCNC(=O)[C@H]2C)cc1. The molecule has 17 heavy (non-hydrogen) atoms. The van der Waals surface area contributed by atoms with E-state index in [1.807, 2.05) is 19.1 Å². The van der Waals surface area contributed by atoms with Gasteiger partial charge in [0.25, 0.3) is 5.91 Å². The highest BCUT2D eigenvalue weighted by Crippen LogP contribution is 2.11. The third-order valence-corrected chi connectivity index (χ3v) is 3.06. The monoisotopic (exact) mass is 232 g/mol. The van der Waals surface area contributed by atoms with Crippen LogP contribution in [0.3, 0.4) is 0 Å². The van der Waals surface area contributed by atoms with Gasteiger partial charge < -0.3 is 10.2 Å². The summed E-state index contributed by atoms with van der Waals surface area (Å²) in [4.78, 5) is 25.3. The van der Waals surface area contributed by atoms with Crippen LogP contribution in [-0.4, -0.2) is 35.8 Å². The zero-order valence-corrected chi connectivity index (χ0v) is 10.1. The van der Waals surface area contributed by atoms with E-state index in [1.165, 1.54) is 0 Å². The summed E-state index contributed by atoms with van der Waals surface area (Å²) in [5.41, 5.74) is 1.75. The zero-order valence-electron chi connectivity index (χ0n) is 10.1. The largest absolute Gasteiger partial charge is 0.353 e. The summed E-state index contributed by atoms with van der Waals surface area (Å²) < 4.78 is 0. The lowest BCUT2D eigenvalue weighted by Crippen LogP contribution is -2.55. The minimum absolute atomic E-state index is 0.0765. The van der Waals surface area contributed by atoms with Gasteiger partial charge in [-0.3, -0.25) is 9.59 Å². The van der Waals surface area contributed by atoms with Crippen LogP contribution in [0.15, 0.2) is 24.3 Å². The number of hydrogen-bond donors (Lipinski definition) is 1. The van der Waals surface area contributed by atoms with Crippen molar-refractivity contribution in [3.63, 3.8) is 0 Å². The van der Waals surface area contributed by atoms with Gasteiger partial charge in [0.1, 0.15) is 6.04 Å². The van der Waals surface area contributed by atoms with Gasteiger partial charge in [0.05, 0.1) is 0 Å². The first-order chi connectivity index (χ1) is 8.09. The van der Waals surface area contributed by atoms with E-state index < -0.39 is 6.04 Å². The number of hydrogen-bond acceptors (Lipinski definition) is 2. The molecule has 1 saturated heterocycles. The molecule has 90 valence electrons. The van der Waals surface area contributed by atoms with Crippen LogP contribution in [-0.2, 0) is 4.79 Å². The van der Waals surface area contributed by atoms with Crippen LogP contribution in [0.5, 0.6) is 0 Å². The average molecular weight is 232 g/mol. The molecule has 4 nitrogen and oxygen atoms in total. The first-order valence-electron chi connectivity index (χ1n) is 5.75. The molecule has 0 bridgehead atoms. The van der Waals surface area contributed by atoms with E-state index in [2.05, 4.69) is 5.32 Å². The fourth-order valence-corrected chi connectivity index (χ4v) is 1.92. The van der Waals surface area contributed by atoms with Crippen LogP contribution in [0, 0.1) is 6.92 Å². The molecule has 1 heterocycles. The van der Waals surface area contributed by atoms with Gasteiger partial charge in [-0.2, -0.15) is 0 Å². The van der Waals surface area contributed by atoms with Crippen LogP contribution in [0.1, 0.15) is 22.8 Å². The molecule has 1 N–H and O–H groups in total. The van der Waals surface area contributed by atoms with E-state index in [0.29, 0.717) is 18.7 Å². The number of piperazine rings is 1. The van der Waals surface area contributed by atoms with Crippen molar-refractivity contribution in [2.75, 3.05) is 13.1 Å². The first kappa shape index (κ1) is 11.6. The Morgan fingerprint density at radius 3 is 2.65 bits per heavy atom. The summed E-state index contributed by atoms with van der Waals surface area (Å²) in [5, 5.41) is 2.74. The molecule has 1 aromatic carbocycles. The normalized spacial score (nSPS) is 20.0. The van der Waals surface area contributed by atoms with Crippen molar-refractivity contribution in [2.24, 2.45) is 0 Å². The topological polar surface area (TPSA) is 49.4 Å². The Kier molecular flexibility index (Phi) is 3.13. The molecule has 1 aromatic rings. The first-order valence-corrected chi connectivity index (χ1v) is 5.75. The number of nitrogens with one attached hydrogen (secondary N) is 1. The Bertz CT molecular complexity index is 439. The van der Waals surface area contributed by atoms with E-state index in [0.717, 1.165) is 5.56 Å². The summed E-state index contributed by atoms with van der Waals surface area (Å²) in [7, 11) is 0. The minimum Gasteiger partial charge on any atom is -0.353 e. The lowest BCUT2D eigenvalue weighted by Gasteiger charge is -2.32. The second-order valence-corrected chi connectivity index (χ2v) is 4.33. The van der Waals surface area contributed by atoms with Gasteiger partial charge >= 0.3 is 0 Å². The summed E-state index contributed by atoms with van der Waals surface area (Å²) in [6.45, 7) is 4.83. The summed E-state index contributed by atoms with van der Waals surface area (Å²) in [5.74, 6) is -0.163. The number of aryl methyl sites for hydroxylation is 1. The number of carbonyl (C=O) groups is 2. The van der Waals surface area contributed by atoms with Crippen molar-refractivity contribution in [1.29, 1.82) is 0 Å². The van der Waals surface area contributed by atoms with Gasteiger partial charge in [0.2, 0.25) is 5.91 Å². The van der Waals surface area contributed by atoms with Gasteiger partial charge in [-0.15, -0.1) is 0 Å². The fourth-order valence-electron chi connectivity index (χ4n) is 1.92. The van der Waals surface area contributed by atoms with Crippen molar-refractivity contribution in [2.45, 2.75) is 19.9 Å². The predicted molar refractivity (Wildman–Crippen MR) is 64.7 cm³/mol. The van der Waals surface area contributed by atoms with E-state index >= 15 is 0 Å². The van der Waals surface area contributed by atoms with Crippen molar-refractivity contribution in [1.82, 2.24) is 10.2 Å². The van der Waals surface area contributed by atoms with Gasteiger partial charge in [-0.25, -0.2) is 0 Å². The van der Waals surface area contributed by atoms with E-state index in [-0.39, 0.29) is 11.8 Å². The van der Waals surface area contributed by atoms with Crippen LogP contribution < -0.4 is 5.32 Å². The maximum Gasteiger partial charge on any atom is 0.254 e. The van der Waals surface area contributed by atoms with E-state index in [4.69, 9.17) is 0 Å². The average Bonchev–Trinajstić information content (AvgIpc) is 2.33. The quantitative estimate of drug-likeness (QED) is 0.784. The lowest BCUT2D eigenvalue weighted by molar-refractivity contribution is -0.127. The van der Waals surface area contributed by atoms with Crippen LogP contribution in [0.25, 0.3) is 0 Å². The predicted octanol–water partition coefficient (Wildman–Crippen LogP) is 0.956. The third-order valence-electron chi connectivity index (χ3n) is 3.06. The molecule has 0 aliphatic carbocycles. The molecule has 1 aliphatic rings. The zero-order chi connectivity index (χ0) is 12.4. The lowest BCUT2D eigenvalue weighted by atomic mass is 10.1. The second kappa shape index (κ2) is 4.57. The molecule has 0 aromatic heterocycles. The van der Waals surface area contributed by atoms with Gasteiger partial charge in [-0.05, 0) is 26.0 Å². The Labute approximate surface area is 101 Å². The fraction of sp³-hybridized carbons (Fsp3) is 0.385. The summed E-state index contributed by atoms with van der Waals surface area (Å²) in [6.07, 6.45) is 0. The second-order valence-electron chi connectivity index (χ2n) is 4.33. The maximum absolute atomic E-state index is 12.2. The Balaban J connectivity index is 2.19. The standard InChI is InChI=1S/C13H16N2O2/c1-9-3-5-11(6-4-9)13(17)15-8-7-14-12(16)10(15)2/h3-6,10H,7-8H2,1-2H3,(H,14,16)/t10-/m1/s1. The molecule has 0 saturated carbocycles. The van der Waals surface area contributed by atoms with Gasteiger partial charge in [0.15, 0.2) is 0 Å². The van der Waals surface area contributed by atoms with Crippen LogP contribution >= 0.6 is 0 Å². The highest BCUT2D eigenvalue weighted by molar-refractivity contribution is 5.98. The number of amides is 2. The number of carbonyl (C=O) groups excluding carboxylic acids is 2. The Hall–Kier alpha value is -1.84. The smallest absolute Gasteiger partial charge is 0.254 e. The molecule has 2 rings (SSSR count). The number of nitrogens with zero attached hydrogens (tertiary/aromatic N) is 1. The molecular weight excluding hydrogens is 216 g/mol. The number of benzene rings is 1. The summed E-state index contributed by atoms with van der Waals surface area (Å²) >= 11 is 0. The number of rotatable bonds is 1. The maximum atomic E-state index is 12.2. The van der Waals surface area contributed by atoms with Crippen LogP contribution in [0.2, 0.25) is 0 Å². The highest BCUT2D eigenvalue weighted by Gasteiger charge is 2.29. The van der Waals surface area contributed by atoms with Crippen molar-refractivity contribution >= 4 is 11.8 Å². The Morgan fingerprint density at radius 1 is 1.35 bits per heavy atom.